The molecule has 1 aromatic carbocycles. The van der Waals surface area contributed by atoms with E-state index in [0.717, 1.165) is 5.56 Å². The molecular weight excluding hydrogens is 394 g/mol. The first-order valence-corrected chi connectivity index (χ1v) is 9.33. The van der Waals surface area contributed by atoms with Crippen molar-refractivity contribution in [2.75, 3.05) is 11.9 Å². The van der Waals surface area contributed by atoms with Crippen LogP contribution >= 0.6 is 0 Å². The van der Waals surface area contributed by atoms with Crippen molar-refractivity contribution in [3.8, 4) is 0 Å². The monoisotopic (exact) mass is 415 g/mol. The molecular formula is C19H21N5O6. The lowest BCUT2D eigenvalue weighted by Crippen LogP contribution is -2.33. The number of aliphatic hydroxyl groups is 3. The van der Waals surface area contributed by atoms with Gasteiger partial charge in [-0.05, 0) is 5.56 Å². The Morgan fingerprint density at radius 3 is 2.60 bits per heavy atom. The number of aliphatic carboxylic acids is 1. The van der Waals surface area contributed by atoms with E-state index in [-0.39, 0.29) is 23.4 Å². The molecule has 0 aliphatic carbocycles. The molecule has 3 aromatic rings. The highest BCUT2D eigenvalue weighted by atomic mass is 16.6. The van der Waals surface area contributed by atoms with Crippen LogP contribution < -0.4 is 5.32 Å². The molecule has 5 N–H and O–H groups in total. The van der Waals surface area contributed by atoms with Crippen LogP contribution in [-0.4, -0.2) is 76.9 Å². The minimum Gasteiger partial charge on any atom is -0.480 e. The van der Waals surface area contributed by atoms with E-state index in [0.29, 0.717) is 0 Å². The molecule has 0 saturated carbocycles. The summed E-state index contributed by atoms with van der Waals surface area (Å²) >= 11 is 0. The van der Waals surface area contributed by atoms with Crippen molar-refractivity contribution >= 4 is 23.0 Å². The number of rotatable bonds is 7. The van der Waals surface area contributed by atoms with Crippen molar-refractivity contribution in [1.82, 2.24) is 19.5 Å². The van der Waals surface area contributed by atoms with Gasteiger partial charge in [0.05, 0.1) is 12.9 Å². The fourth-order valence-corrected chi connectivity index (χ4v) is 3.47. The van der Waals surface area contributed by atoms with E-state index in [1.54, 1.807) is 0 Å². The summed E-state index contributed by atoms with van der Waals surface area (Å²) in [7, 11) is 0. The molecule has 1 saturated heterocycles. The van der Waals surface area contributed by atoms with Crippen LogP contribution in [0.15, 0.2) is 43.0 Å². The topological polar surface area (TPSA) is 163 Å². The van der Waals surface area contributed by atoms with Crippen molar-refractivity contribution in [3.05, 3.63) is 48.5 Å². The Morgan fingerprint density at radius 1 is 1.17 bits per heavy atom. The van der Waals surface area contributed by atoms with Gasteiger partial charge in [-0.2, -0.15) is 0 Å². The van der Waals surface area contributed by atoms with Gasteiger partial charge in [0.25, 0.3) is 0 Å². The Morgan fingerprint density at radius 2 is 1.93 bits per heavy atom. The molecule has 30 heavy (non-hydrogen) atoms. The second-order valence-corrected chi connectivity index (χ2v) is 7.00. The molecule has 0 radical (unpaired) electrons. The van der Waals surface area contributed by atoms with Crippen molar-refractivity contribution in [1.29, 1.82) is 0 Å². The molecule has 0 amide bonds. The molecule has 11 nitrogen and oxygen atoms in total. The first kappa shape index (κ1) is 20.2. The molecule has 1 aliphatic rings. The number of benzene rings is 1. The van der Waals surface area contributed by atoms with Crippen molar-refractivity contribution in [2.45, 2.75) is 37.0 Å². The summed E-state index contributed by atoms with van der Waals surface area (Å²) < 4.78 is 6.94. The van der Waals surface area contributed by atoms with E-state index >= 15 is 0 Å². The number of hydrogen-bond donors (Lipinski definition) is 5. The second-order valence-electron chi connectivity index (χ2n) is 7.00. The maximum Gasteiger partial charge on any atom is 0.326 e. The number of aliphatic hydroxyl groups excluding tert-OH is 3. The minimum atomic E-state index is -1.30. The lowest BCUT2D eigenvalue weighted by Gasteiger charge is -2.17. The number of nitrogens with one attached hydrogen (secondary N) is 1. The number of carbonyl (C=O) groups is 1. The average molecular weight is 415 g/mol. The van der Waals surface area contributed by atoms with Gasteiger partial charge in [0.2, 0.25) is 0 Å². The van der Waals surface area contributed by atoms with Crippen molar-refractivity contribution in [3.63, 3.8) is 0 Å². The number of aromatic nitrogens is 4. The molecule has 5 atom stereocenters. The number of hydrogen-bond acceptors (Lipinski definition) is 9. The van der Waals surface area contributed by atoms with Gasteiger partial charge in [-0.15, -0.1) is 0 Å². The van der Waals surface area contributed by atoms with Crippen molar-refractivity contribution < 1.29 is 30.0 Å². The minimum absolute atomic E-state index is 0.217. The predicted molar refractivity (Wildman–Crippen MR) is 104 cm³/mol. The third-order valence-electron chi connectivity index (χ3n) is 5.04. The summed E-state index contributed by atoms with van der Waals surface area (Å²) in [5.74, 6) is -0.831. The number of ether oxygens (including phenoxy) is 1. The largest absolute Gasteiger partial charge is 0.480 e. The van der Waals surface area contributed by atoms with E-state index in [1.807, 2.05) is 30.3 Å². The van der Waals surface area contributed by atoms with Crippen LogP contribution in [0.4, 0.5) is 5.82 Å². The highest BCUT2D eigenvalue weighted by Crippen LogP contribution is 2.32. The maximum atomic E-state index is 11.8. The van der Waals surface area contributed by atoms with Crippen LogP contribution in [0.25, 0.3) is 11.2 Å². The van der Waals surface area contributed by atoms with Gasteiger partial charge in [0.1, 0.15) is 30.7 Å². The summed E-state index contributed by atoms with van der Waals surface area (Å²) in [4.78, 5) is 24.3. The third kappa shape index (κ3) is 3.71. The number of anilines is 1. The van der Waals surface area contributed by atoms with Crippen LogP contribution in [-0.2, 0) is 16.0 Å². The highest BCUT2D eigenvalue weighted by Gasteiger charge is 2.44. The van der Waals surface area contributed by atoms with Gasteiger partial charge in [-0.1, -0.05) is 30.3 Å². The average Bonchev–Trinajstić information content (AvgIpc) is 3.30. The van der Waals surface area contributed by atoms with E-state index in [9.17, 15) is 25.2 Å². The standard InChI is InChI=1S/C19H21N5O6/c25-7-12-14(26)15(27)18(30-12)24-9-22-13-16(20-8-21-17(13)24)23-11(19(28)29)6-10-4-2-1-3-5-10/h1-5,8-9,11-12,14-15,18,25-27H,6-7H2,(H,28,29)(H,20,21,23)/t11-,12+,14-,15?,18+/m0/s1. The molecule has 158 valence electrons. The fraction of sp³-hybridized carbons (Fsp3) is 0.368. The van der Waals surface area contributed by atoms with E-state index in [1.165, 1.54) is 17.2 Å². The van der Waals surface area contributed by atoms with Crippen LogP contribution in [0.3, 0.4) is 0 Å². The molecule has 1 fully saturated rings. The second kappa shape index (κ2) is 8.32. The maximum absolute atomic E-state index is 11.8. The number of fused-ring (bicyclic) bond motifs is 1. The number of nitrogens with zero attached hydrogens (tertiary/aromatic N) is 4. The smallest absolute Gasteiger partial charge is 0.326 e. The number of carboxylic acid groups (broad SMARTS) is 1. The predicted octanol–water partition coefficient (Wildman–Crippen LogP) is -0.454. The zero-order valence-corrected chi connectivity index (χ0v) is 15.7. The molecule has 0 spiro atoms. The molecule has 11 heteroatoms. The first-order chi connectivity index (χ1) is 14.5. The van der Waals surface area contributed by atoms with Gasteiger partial charge in [-0.3, -0.25) is 4.57 Å². The van der Waals surface area contributed by atoms with Gasteiger partial charge < -0.3 is 30.5 Å². The number of imidazole rings is 1. The molecule has 4 rings (SSSR count). The summed E-state index contributed by atoms with van der Waals surface area (Å²) in [6, 6.07) is 8.24. The SMILES string of the molecule is O=C(O)[C@H](Cc1ccccc1)Nc1ncnc2c1ncn2[C@@H]1O[C@H](CO)[C@H](O)C1O. The summed E-state index contributed by atoms with van der Waals surface area (Å²) in [5.41, 5.74) is 1.42. The zero-order valence-electron chi connectivity index (χ0n) is 15.7. The van der Waals surface area contributed by atoms with Gasteiger partial charge >= 0.3 is 5.97 Å². The molecule has 1 unspecified atom stereocenters. The van der Waals surface area contributed by atoms with Crippen LogP contribution in [0.1, 0.15) is 11.8 Å². The van der Waals surface area contributed by atoms with Crippen LogP contribution in [0, 0.1) is 0 Å². The Kier molecular flexibility index (Phi) is 5.59. The Bertz CT molecular complexity index is 1030. The lowest BCUT2D eigenvalue weighted by atomic mass is 10.1. The highest BCUT2D eigenvalue weighted by molar-refractivity contribution is 5.86. The summed E-state index contributed by atoms with van der Waals surface area (Å²) in [6.07, 6.45) is -1.68. The van der Waals surface area contributed by atoms with E-state index in [2.05, 4.69) is 20.3 Å². The molecule has 0 bridgehead atoms. The normalized spacial score (nSPS) is 24.8. The number of carboxylic acids is 1. The first-order valence-electron chi connectivity index (χ1n) is 9.33. The Balaban J connectivity index is 1.62. The summed E-state index contributed by atoms with van der Waals surface area (Å²) in [5, 5.41) is 42.1. The summed E-state index contributed by atoms with van der Waals surface area (Å²) in [6.45, 7) is -0.455. The quantitative estimate of drug-likeness (QED) is 0.341. The van der Waals surface area contributed by atoms with E-state index < -0.39 is 43.2 Å². The van der Waals surface area contributed by atoms with Gasteiger partial charge in [0, 0.05) is 6.42 Å². The third-order valence-corrected chi connectivity index (χ3v) is 5.04. The Labute approximate surface area is 170 Å². The molecule has 3 heterocycles. The fourth-order valence-electron chi connectivity index (χ4n) is 3.47. The van der Waals surface area contributed by atoms with Crippen LogP contribution in [0.2, 0.25) is 0 Å². The van der Waals surface area contributed by atoms with Gasteiger partial charge in [-0.25, -0.2) is 19.7 Å². The molecule has 1 aliphatic heterocycles. The van der Waals surface area contributed by atoms with Crippen molar-refractivity contribution in [2.24, 2.45) is 0 Å². The lowest BCUT2D eigenvalue weighted by molar-refractivity contribution is -0.137. The van der Waals surface area contributed by atoms with Crippen LogP contribution in [0.5, 0.6) is 0 Å². The Hall–Kier alpha value is -3.12. The van der Waals surface area contributed by atoms with E-state index in [4.69, 9.17) is 4.74 Å². The molecule has 2 aromatic heterocycles. The zero-order chi connectivity index (χ0) is 21.3. The van der Waals surface area contributed by atoms with Gasteiger partial charge in [0.15, 0.2) is 23.2 Å².